The van der Waals surface area contributed by atoms with Crippen molar-refractivity contribution in [2.75, 3.05) is 5.75 Å². The first-order chi connectivity index (χ1) is 9.69. The van der Waals surface area contributed by atoms with E-state index in [-0.39, 0.29) is 36.0 Å². The van der Waals surface area contributed by atoms with E-state index in [1.807, 2.05) is 0 Å². The van der Waals surface area contributed by atoms with Crippen molar-refractivity contribution in [3.8, 4) is 0 Å². The first-order valence-electron chi connectivity index (χ1n) is 7.88. The number of aliphatic hydroxyl groups is 1. The predicted molar refractivity (Wildman–Crippen MR) is 82.0 cm³/mol. The Bertz CT molecular complexity index is 393. The summed E-state index contributed by atoms with van der Waals surface area (Å²) in [7, 11) is -4.60. The summed E-state index contributed by atoms with van der Waals surface area (Å²) in [5.41, 5.74) is -2.05. The van der Waals surface area contributed by atoms with Crippen LogP contribution in [0.2, 0.25) is 0 Å². The minimum absolute atomic E-state index is 0. The van der Waals surface area contributed by atoms with Gasteiger partial charge in [0.25, 0.3) is 0 Å². The summed E-state index contributed by atoms with van der Waals surface area (Å²) in [6.07, 6.45) is 10.1. The smallest absolute Gasteiger partial charge is 0.748 e. The molecule has 0 bridgehead atoms. The number of carbonyl (C=O) groups is 1. The van der Waals surface area contributed by atoms with Crippen LogP contribution in [-0.2, 0) is 14.9 Å². The van der Waals surface area contributed by atoms with Gasteiger partial charge in [-0.05, 0) is 13.3 Å². The van der Waals surface area contributed by atoms with Gasteiger partial charge in [-0.1, -0.05) is 58.3 Å². The summed E-state index contributed by atoms with van der Waals surface area (Å²) >= 11 is 0. The van der Waals surface area contributed by atoms with Crippen LogP contribution in [0, 0.1) is 0 Å². The van der Waals surface area contributed by atoms with Crippen molar-refractivity contribution in [1.29, 1.82) is 0 Å². The molecule has 0 aromatic carbocycles. The minimum Gasteiger partial charge on any atom is -0.748 e. The van der Waals surface area contributed by atoms with E-state index in [1.54, 1.807) is 0 Å². The van der Waals surface area contributed by atoms with Crippen molar-refractivity contribution in [2.24, 2.45) is 0 Å². The molecule has 0 rings (SSSR count). The number of rotatable bonds is 13. The molecule has 0 spiro atoms. The summed E-state index contributed by atoms with van der Waals surface area (Å²) in [6, 6.07) is 0. The van der Waals surface area contributed by atoms with E-state index in [9.17, 15) is 22.9 Å². The molecule has 0 amide bonds. The molecule has 1 unspecified atom stereocenters. The molecule has 22 heavy (non-hydrogen) atoms. The van der Waals surface area contributed by atoms with E-state index in [1.165, 1.54) is 32.1 Å². The Labute approximate surface area is 157 Å². The van der Waals surface area contributed by atoms with Crippen molar-refractivity contribution < 1.29 is 52.4 Å². The number of hydrogen-bond acceptors (Lipinski definition) is 5. The molecule has 126 valence electrons. The summed E-state index contributed by atoms with van der Waals surface area (Å²) in [6.45, 7) is 3.28. The van der Waals surface area contributed by atoms with Gasteiger partial charge in [0.2, 0.25) is 0 Å². The maximum Gasteiger partial charge on any atom is 1.00 e. The van der Waals surface area contributed by atoms with Gasteiger partial charge in [0.05, 0.1) is 15.9 Å². The van der Waals surface area contributed by atoms with Gasteiger partial charge < -0.3 is 9.66 Å². The third-order valence-corrected chi connectivity index (χ3v) is 4.48. The van der Waals surface area contributed by atoms with Crippen LogP contribution in [-0.4, -0.2) is 35.2 Å². The van der Waals surface area contributed by atoms with Gasteiger partial charge in [-0.25, -0.2) is 8.42 Å². The van der Waals surface area contributed by atoms with Crippen LogP contribution in [0.15, 0.2) is 0 Å². The van der Waals surface area contributed by atoms with Gasteiger partial charge in [0, 0.05) is 6.42 Å². The zero-order chi connectivity index (χ0) is 16.4. The van der Waals surface area contributed by atoms with Crippen LogP contribution < -0.4 is 29.6 Å². The molecule has 0 fully saturated rings. The van der Waals surface area contributed by atoms with E-state index in [0.29, 0.717) is 6.42 Å². The average molecular weight is 344 g/mol. The fraction of sp³-hybridized carbons (Fsp3) is 0.933. The molecular weight excluding hydrogens is 315 g/mol. The maximum atomic E-state index is 11.7. The van der Waals surface area contributed by atoms with E-state index < -0.39 is 27.3 Å². The van der Waals surface area contributed by atoms with Crippen LogP contribution >= 0.6 is 0 Å². The number of carbonyl (C=O) groups excluding carboxylic acids is 1. The molecule has 0 aliphatic carbocycles. The maximum absolute atomic E-state index is 11.7. The Hall–Kier alpha value is 0.540. The molecule has 0 radical (unpaired) electrons. The molecule has 7 heteroatoms. The molecule has 0 saturated heterocycles. The quantitative estimate of drug-likeness (QED) is 0.283. The largest absolute Gasteiger partial charge is 1.00 e. The van der Waals surface area contributed by atoms with Crippen LogP contribution in [0.25, 0.3) is 0 Å². The fourth-order valence-corrected chi connectivity index (χ4v) is 3.14. The van der Waals surface area contributed by atoms with Crippen molar-refractivity contribution in [2.45, 2.75) is 83.7 Å². The second kappa shape index (κ2) is 12.9. The molecule has 0 heterocycles. The Morgan fingerprint density at radius 2 is 1.41 bits per heavy atom. The standard InChI is InChI=1S/C15H30O5S.Na/c1-3-4-5-6-7-8-9-10-11-12-14(16)15(2,17)13-21(18,19)20;/h17H,3-13H2,1-2H3,(H,18,19,20);/q;+1/p-1. The molecule has 0 aromatic rings. The Balaban J connectivity index is 0. The first kappa shape index (κ1) is 24.8. The van der Waals surface area contributed by atoms with Gasteiger partial charge in [-0.2, -0.15) is 0 Å². The van der Waals surface area contributed by atoms with E-state index >= 15 is 0 Å². The number of unbranched alkanes of at least 4 members (excludes halogenated alkanes) is 8. The van der Waals surface area contributed by atoms with Gasteiger partial charge in [-0.15, -0.1) is 0 Å². The Kier molecular flexibility index (Phi) is 14.5. The predicted octanol–water partition coefficient (Wildman–Crippen LogP) is -0.223. The first-order valence-corrected chi connectivity index (χ1v) is 9.46. The third kappa shape index (κ3) is 14.2. The van der Waals surface area contributed by atoms with Crippen LogP contribution in [0.3, 0.4) is 0 Å². The number of hydrogen-bond donors (Lipinski definition) is 1. The van der Waals surface area contributed by atoms with E-state index in [4.69, 9.17) is 0 Å². The molecule has 1 atom stereocenters. The molecule has 5 nitrogen and oxygen atoms in total. The van der Waals surface area contributed by atoms with E-state index in [2.05, 4.69) is 6.92 Å². The van der Waals surface area contributed by atoms with Crippen molar-refractivity contribution >= 4 is 15.9 Å². The van der Waals surface area contributed by atoms with Gasteiger partial charge >= 0.3 is 29.6 Å². The summed E-state index contributed by atoms with van der Waals surface area (Å²) in [5.74, 6) is -1.61. The summed E-state index contributed by atoms with van der Waals surface area (Å²) in [5, 5.41) is 9.71. The van der Waals surface area contributed by atoms with Crippen molar-refractivity contribution in [1.82, 2.24) is 0 Å². The monoisotopic (exact) mass is 344 g/mol. The second-order valence-electron chi connectivity index (χ2n) is 5.98. The Morgan fingerprint density at radius 3 is 1.82 bits per heavy atom. The summed E-state index contributed by atoms with van der Waals surface area (Å²) in [4.78, 5) is 11.7. The van der Waals surface area contributed by atoms with Crippen molar-refractivity contribution in [3.63, 3.8) is 0 Å². The van der Waals surface area contributed by atoms with E-state index in [0.717, 1.165) is 26.2 Å². The zero-order valence-electron chi connectivity index (χ0n) is 14.3. The second-order valence-corrected chi connectivity index (χ2v) is 7.38. The third-order valence-electron chi connectivity index (χ3n) is 3.57. The minimum atomic E-state index is -4.60. The topological polar surface area (TPSA) is 94.5 Å². The molecule has 0 aromatic heterocycles. The molecular formula is C15H29NaO5S. The van der Waals surface area contributed by atoms with Gasteiger partial charge in [0.15, 0.2) is 5.78 Å². The van der Waals surface area contributed by atoms with Crippen LogP contribution in [0.4, 0.5) is 0 Å². The molecule has 1 N–H and O–H groups in total. The van der Waals surface area contributed by atoms with Gasteiger partial charge in [-0.3, -0.25) is 4.79 Å². The van der Waals surface area contributed by atoms with Crippen LogP contribution in [0.1, 0.15) is 78.1 Å². The Morgan fingerprint density at radius 1 is 1.00 bits per heavy atom. The average Bonchev–Trinajstić information content (AvgIpc) is 2.33. The van der Waals surface area contributed by atoms with Gasteiger partial charge in [0.1, 0.15) is 5.60 Å². The molecule has 0 aliphatic rings. The molecule has 0 aliphatic heterocycles. The normalized spacial score (nSPS) is 14.2. The number of ketones is 1. The van der Waals surface area contributed by atoms with Crippen LogP contribution in [0.5, 0.6) is 0 Å². The number of Topliss-reactive ketones (excluding diaryl/α,β-unsaturated/α-hetero) is 1. The fourth-order valence-electron chi connectivity index (χ4n) is 2.29. The van der Waals surface area contributed by atoms with Crippen molar-refractivity contribution in [3.05, 3.63) is 0 Å². The molecule has 0 saturated carbocycles. The summed E-state index contributed by atoms with van der Waals surface area (Å²) < 4.78 is 31.8. The SMILES string of the molecule is CCCCCCCCCCCC(=O)C(C)(O)CS(=O)(=O)[O-].[Na+]. The zero-order valence-corrected chi connectivity index (χ0v) is 17.1.